The van der Waals surface area contributed by atoms with E-state index >= 15 is 0 Å². The van der Waals surface area contributed by atoms with Gasteiger partial charge >= 0.3 is 5.69 Å². The summed E-state index contributed by atoms with van der Waals surface area (Å²) < 4.78 is 19.1. The van der Waals surface area contributed by atoms with Crippen molar-refractivity contribution >= 4 is 17.3 Å². The second-order valence-corrected chi connectivity index (χ2v) is 4.77. The zero-order valence-electron chi connectivity index (χ0n) is 10.9. The molecule has 2 aromatic rings. The van der Waals surface area contributed by atoms with Crippen molar-refractivity contribution in [3.8, 4) is 11.5 Å². The summed E-state index contributed by atoms with van der Waals surface area (Å²) in [5.41, 5.74) is 0.0545. The van der Waals surface area contributed by atoms with Crippen LogP contribution in [-0.4, -0.2) is 10.0 Å². The first-order chi connectivity index (χ1) is 9.88. The molecule has 1 atom stereocenters. The highest BCUT2D eigenvalue weighted by atomic mass is 35.5. The number of hydrogen-bond acceptors (Lipinski definition) is 4. The molecule has 0 spiro atoms. The van der Waals surface area contributed by atoms with Crippen LogP contribution in [0.4, 0.5) is 10.1 Å². The summed E-state index contributed by atoms with van der Waals surface area (Å²) in [6, 6.07) is 7.64. The Balaban J connectivity index is 2.38. The van der Waals surface area contributed by atoms with E-state index < -0.39 is 16.8 Å². The zero-order valence-corrected chi connectivity index (χ0v) is 11.7. The van der Waals surface area contributed by atoms with E-state index in [0.29, 0.717) is 5.56 Å². The molecule has 0 aromatic heterocycles. The predicted molar refractivity (Wildman–Crippen MR) is 75.2 cm³/mol. The van der Waals surface area contributed by atoms with Gasteiger partial charge in [-0.1, -0.05) is 17.7 Å². The average Bonchev–Trinajstić information content (AvgIpc) is 2.40. The molecule has 5 nitrogen and oxygen atoms in total. The van der Waals surface area contributed by atoms with E-state index in [1.54, 1.807) is 0 Å². The second-order valence-electron chi connectivity index (χ2n) is 4.34. The first-order valence-corrected chi connectivity index (χ1v) is 6.35. The quantitative estimate of drug-likeness (QED) is 0.677. The van der Waals surface area contributed by atoms with Gasteiger partial charge in [-0.25, -0.2) is 4.39 Å². The molecule has 0 saturated carbocycles. The summed E-state index contributed by atoms with van der Waals surface area (Å²) in [6.45, 7) is 1.50. The topological polar surface area (TPSA) is 72.6 Å². The third kappa shape index (κ3) is 3.48. The SMILES string of the molecule is C[C@H](O)c1ccc(Oc2cc(Cl)ccc2[N+](=O)[O-])c(F)c1. The Morgan fingerprint density at radius 1 is 1.29 bits per heavy atom. The van der Waals surface area contributed by atoms with E-state index in [1.165, 1.54) is 37.3 Å². The molecule has 1 N–H and O–H groups in total. The lowest BCUT2D eigenvalue weighted by Crippen LogP contribution is -1.97. The van der Waals surface area contributed by atoms with Crippen LogP contribution < -0.4 is 4.74 Å². The highest BCUT2D eigenvalue weighted by Gasteiger charge is 2.18. The van der Waals surface area contributed by atoms with Crippen molar-refractivity contribution in [1.82, 2.24) is 0 Å². The lowest BCUT2D eigenvalue weighted by atomic mass is 10.1. The van der Waals surface area contributed by atoms with E-state index in [0.717, 1.165) is 6.07 Å². The van der Waals surface area contributed by atoms with E-state index in [4.69, 9.17) is 16.3 Å². The molecule has 0 aliphatic carbocycles. The molecule has 110 valence electrons. The van der Waals surface area contributed by atoms with Crippen molar-refractivity contribution in [2.45, 2.75) is 13.0 Å². The lowest BCUT2D eigenvalue weighted by molar-refractivity contribution is -0.385. The maximum absolute atomic E-state index is 13.9. The Labute approximate surface area is 124 Å². The van der Waals surface area contributed by atoms with E-state index in [2.05, 4.69) is 0 Å². The molecule has 0 heterocycles. The molecule has 2 aromatic carbocycles. The van der Waals surface area contributed by atoms with Gasteiger partial charge < -0.3 is 9.84 Å². The minimum atomic E-state index is -0.825. The Kier molecular flexibility index (Phi) is 4.40. The highest BCUT2D eigenvalue weighted by molar-refractivity contribution is 6.30. The molecule has 0 fully saturated rings. The highest BCUT2D eigenvalue weighted by Crippen LogP contribution is 2.35. The summed E-state index contributed by atoms with van der Waals surface area (Å²) >= 11 is 5.76. The fraction of sp³-hybridized carbons (Fsp3) is 0.143. The number of nitrogens with zero attached hydrogens (tertiary/aromatic N) is 1. The van der Waals surface area contributed by atoms with Crippen LogP contribution in [0.5, 0.6) is 11.5 Å². The standard InChI is InChI=1S/C14H11ClFNO4/c1-8(18)9-2-5-13(11(16)6-9)21-14-7-10(15)3-4-12(14)17(19)20/h2-8,18H,1H3/t8-/m0/s1. The van der Waals surface area contributed by atoms with Gasteiger partial charge in [0.05, 0.1) is 11.0 Å². The van der Waals surface area contributed by atoms with Crippen molar-refractivity contribution in [3.63, 3.8) is 0 Å². The molecule has 0 bridgehead atoms. The summed E-state index contributed by atoms with van der Waals surface area (Å²) in [5, 5.41) is 20.5. The maximum Gasteiger partial charge on any atom is 0.311 e. The molecule has 21 heavy (non-hydrogen) atoms. The number of nitro benzene ring substituents is 1. The number of aliphatic hydroxyl groups excluding tert-OH is 1. The number of benzene rings is 2. The summed E-state index contributed by atoms with van der Waals surface area (Å²) in [7, 11) is 0. The first-order valence-electron chi connectivity index (χ1n) is 5.98. The van der Waals surface area contributed by atoms with Gasteiger partial charge in [0.15, 0.2) is 11.6 Å². The van der Waals surface area contributed by atoms with Gasteiger partial charge in [0.2, 0.25) is 5.75 Å². The van der Waals surface area contributed by atoms with Gasteiger partial charge in [-0.2, -0.15) is 0 Å². The fourth-order valence-corrected chi connectivity index (χ4v) is 1.86. The molecule has 0 amide bonds. The van der Waals surface area contributed by atoms with Crippen molar-refractivity contribution < 1.29 is 19.2 Å². The number of ether oxygens (including phenoxy) is 1. The summed E-state index contributed by atoms with van der Waals surface area (Å²) in [6.07, 6.45) is -0.825. The minimum absolute atomic E-state index is 0.156. The Bertz CT molecular complexity index is 691. The molecule has 0 saturated heterocycles. The average molecular weight is 312 g/mol. The number of aliphatic hydroxyl groups is 1. The molecule has 0 radical (unpaired) electrons. The zero-order chi connectivity index (χ0) is 15.6. The number of halogens is 2. The number of hydrogen-bond donors (Lipinski definition) is 1. The monoisotopic (exact) mass is 311 g/mol. The van der Waals surface area contributed by atoms with Gasteiger partial charge in [-0.15, -0.1) is 0 Å². The Morgan fingerprint density at radius 2 is 2.00 bits per heavy atom. The summed E-state index contributed by atoms with van der Waals surface area (Å²) in [5.74, 6) is -1.08. The van der Waals surface area contributed by atoms with Gasteiger partial charge in [0.25, 0.3) is 0 Å². The van der Waals surface area contributed by atoms with Crippen LogP contribution in [0.2, 0.25) is 5.02 Å². The van der Waals surface area contributed by atoms with Gasteiger partial charge in [-0.3, -0.25) is 10.1 Å². The number of nitro groups is 1. The van der Waals surface area contributed by atoms with Gasteiger partial charge in [0.1, 0.15) is 0 Å². The second kappa shape index (κ2) is 6.07. The van der Waals surface area contributed by atoms with Crippen LogP contribution >= 0.6 is 11.6 Å². The van der Waals surface area contributed by atoms with Crippen LogP contribution in [0.25, 0.3) is 0 Å². The third-order valence-electron chi connectivity index (χ3n) is 2.78. The van der Waals surface area contributed by atoms with Crippen LogP contribution in [0.3, 0.4) is 0 Å². The minimum Gasteiger partial charge on any atom is -0.447 e. The Hall–Kier alpha value is -2.18. The molecular weight excluding hydrogens is 301 g/mol. The smallest absolute Gasteiger partial charge is 0.311 e. The first kappa shape index (κ1) is 15.2. The predicted octanol–water partition coefficient (Wildman–Crippen LogP) is 4.23. The van der Waals surface area contributed by atoms with Gasteiger partial charge in [-0.05, 0) is 30.7 Å². The van der Waals surface area contributed by atoms with Crippen molar-refractivity contribution in [2.24, 2.45) is 0 Å². The van der Waals surface area contributed by atoms with E-state index in [1.807, 2.05) is 0 Å². The molecule has 0 unspecified atom stereocenters. The molecule has 0 aliphatic heterocycles. The maximum atomic E-state index is 13.9. The van der Waals surface area contributed by atoms with Crippen molar-refractivity contribution in [3.05, 3.63) is 62.9 Å². The molecular formula is C14H11ClFNO4. The van der Waals surface area contributed by atoms with E-state index in [9.17, 15) is 19.6 Å². The lowest BCUT2D eigenvalue weighted by Gasteiger charge is -2.10. The van der Waals surface area contributed by atoms with Crippen molar-refractivity contribution in [2.75, 3.05) is 0 Å². The largest absolute Gasteiger partial charge is 0.447 e. The van der Waals surface area contributed by atoms with Crippen LogP contribution in [0.1, 0.15) is 18.6 Å². The summed E-state index contributed by atoms with van der Waals surface area (Å²) in [4.78, 5) is 10.3. The van der Waals surface area contributed by atoms with Crippen molar-refractivity contribution in [1.29, 1.82) is 0 Å². The Morgan fingerprint density at radius 3 is 2.57 bits per heavy atom. The fourth-order valence-electron chi connectivity index (χ4n) is 1.70. The molecule has 7 heteroatoms. The number of rotatable bonds is 4. The van der Waals surface area contributed by atoms with E-state index in [-0.39, 0.29) is 22.2 Å². The van der Waals surface area contributed by atoms with Crippen LogP contribution in [-0.2, 0) is 0 Å². The molecule has 0 aliphatic rings. The normalized spacial score (nSPS) is 12.0. The van der Waals surface area contributed by atoms with Gasteiger partial charge in [0, 0.05) is 17.2 Å². The van der Waals surface area contributed by atoms with Crippen LogP contribution in [0.15, 0.2) is 36.4 Å². The molecule has 2 rings (SSSR count). The van der Waals surface area contributed by atoms with Crippen LogP contribution in [0, 0.1) is 15.9 Å². The third-order valence-corrected chi connectivity index (χ3v) is 3.01.